The van der Waals surface area contributed by atoms with E-state index in [-0.39, 0.29) is 56.9 Å². The first-order valence-electron chi connectivity index (χ1n) is 11.3. The summed E-state index contributed by atoms with van der Waals surface area (Å²) in [5, 5.41) is 20.5. The van der Waals surface area contributed by atoms with Crippen LogP contribution in [0.4, 0.5) is 29.3 Å². The number of carbonyl (C=O) groups excluding carboxylic acids is 1. The maximum Gasteiger partial charge on any atom is 0.416 e. The number of amides is 2. The van der Waals surface area contributed by atoms with E-state index in [0.717, 1.165) is 12.1 Å². The molecular weight excluding hydrogens is 533 g/mol. The van der Waals surface area contributed by atoms with Gasteiger partial charge in [-0.3, -0.25) is 9.59 Å². The van der Waals surface area contributed by atoms with Crippen LogP contribution in [0.15, 0.2) is 53.4 Å². The molecule has 15 heteroatoms. The number of piperazine rings is 1. The quantitative estimate of drug-likeness (QED) is 0.284. The lowest BCUT2D eigenvalue weighted by molar-refractivity contribution is -0.138. The molecule has 2 aromatic rings. The van der Waals surface area contributed by atoms with Gasteiger partial charge in [-0.2, -0.15) is 17.5 Å². The van der Waals surface area contributed by atoms with Gasteiger partial charge in [-0.05, 0) is 48.9 Å². The van der Waals surface area contributed by atoms with Crippen molar-refractivity contribution in [1.29, 1.82) is 0 Å². The zero-order chi connectivity index (χ0) is 28.3. The highest BCUT2D eigenvalue weighted by Gasteiger charge is 2.32. The fourth-order valence-electron chi connectivity index (χ4n) is 3.54. The SMILES string of the molecule is O=C(O)CCCNC(=O)Nc1ccc(S(=O)(=O)N2CCN(c3cccc(C(F)(F)F)c3)CC2)cc1.O=CO. The molecule has 38 heavy (non-hydrogen) atoms. The third-order valence-corrected chi connectivity index (χ3v) is 7.29. The van der Waals surface area contributed by atoms with Crippen LogP contribution in [-0.4, -0.2) is 74.1 Å². The molecule has 1 heterocycles. The first kappa shape index (κ1) is 30.4. The van der Waals surface area contributed by atoms with E-state index in [1.165, 1.54) is 34.6 Å². The number of rotatable bonds is 8. The maximum absolute atomic E-state index is 13.0. The van der Waals surface area contributed by atoms with Gasteiger partial charge in [0.1, 0.15) is 0 Å². The topological polar surface area (TPSA) is 156 Å². The Morgan fingerprint density at radius 1 is 1.03 bits per heavy atom. The van der Waals surface area contributed by atoms with Gasteiger partial charge in [0, 0.05) is 50.5 Å². The van der Waals surface area contributed by atoms with Crippen molar-refractivity contribution in [3.63, 3.8) is 0 Å². The van der Waals surface area contributed by atoms with Crippen LogP contribution in [0.3, 0.4) is 0 Å². The summed E-state index contributed by atoms with van der Waals surface area (Å²) in [5.74, 6) is -0.957. The van der Waals surface area contributed by atoms with Crippen LogP contribution >= 0.6 is 0 Å². The van der Waals surface area contributed by atoms with Crippen molar-refractivity contribution in [3.05, 3.63) is 54.1 Å². The first-order chi connectivity index (χ1) is 17.9. The Morgan fingerprint density at radius 2 is 1.63 bits per heavy atom. The van der Waals surface area contributed by atoms with Gasteiger partial charge in [-0.1, -0.05) is 6.07 Å². The van der Waals surface area contributed by atoms with Gasteiger partial charge in [0.15, 0.2) is 0 Å². The highest BCUT2D eigenvalue weighted by molar-refractivity contribution is 7.89. The summed E-state index contributed by atoms with van der Waals surface area (Å²) >= 11 is 0. The highest BCUT2D eigenvalue weighted by atomic mass is 32.2. The van der Waals surface area contributed by atoms with E-state index in [1.54, 1.807) is 11.0 Å². The Hall–Kier alpha value is -3.85. The van der Waals surface area contributed by atoms with Gasteiger partial charge in [-0.15, -0.1) is 0 Å². The number of alkyl halides is 3. The molecule has 208 valence electrons. The van der Waals surface area contributed by atoms with E-state index in [2.05, 4.69) is 10.6 Å². The number of carboxylic acid groups (broad SMARTS) is 2. The predicted octanol–water partition coefficient (Wildman–Crippen LogP) is 2.90. The van der Waals surface area contributed by atoms with E-state index in [1.807, 2.05) is 0 Å². The van der Waals surface area contributed by atoms with Gasteiger partial charge in [0.2, 0.25) is 10.0 Å². The molecule has 0 aliphatic carbocycles. The molecule has 0 bridgehead atoms. The third kappa shape index (κ3) is 8.92. The molecular formula is C23H27F3N4O7S. The average Bonchev–Trinajstić information content (AvgIpc) is 2.87. The smallest absolute Gasteiger partial charge is 0.416 e. The van der Waals surface area contributed by atoms with E-state index in [9.17, 15) is 31.2 Å². The monoisotopic (exact) mass is 560 g/mol. The fourth-order valence-corrected chi connectivity index (χ4v) is 4.96. The molecule has 1 aliphatic rings. The number of carboxylic acids is 1. The van der Waals surface area contributed by atoms with E-state index in [0.29, 0.717) is 11.4 Å². The largest absolute Gasteiger partial charge is 0.483 e. The number of anilines is 2. The number of aliphatic carboxylic acids is 1. The molecule has 0 radical (unpaired) electrons. The second-order valence-electron chi connectivity index (χ2n) is 7.95. The number of benzene rings is 2. The number of nitrogens with one attached hydrogen (secondary N) is 2. The molecule has 0 atom stereocenters. The van der Waals surface area contributed by atoms with E-state index < -0.39 is 33.8 Å². The predicted molar refractivity (Wildman–Crippen MR) is 131 cm³/mol. The molecule has 0 unspecified atom stereocenters. The lowest BCUT2D eigenvalue weighted by Crippen LogP contribution is -2.48. The van der Waals surface area contributed by atoms with Crippen LogP contribution in [0.2, 0.25) is 0 Å². The average molecular weight is 561 g/mol. The van der Waals surface area contributed by atoms with Crippen molar-refractivity contribution >= 4 is 39.9 Å². The summed E-state index contributed by atoms with van der Waals surface area (Å²) in [5.41, 5.74) is -0.0183. The van der Waals surface area contributed by atoms with E-state index in [4.69, 9.17) is 15.0 Å². The number of halogens is 3. The third-order valence-electron chi connectivity index (χ3n) is 5.38. The Morgan fingerprint density at radius 3 is 2.18 bits per heavy atom. The van der Waals surface area contributed by atoms with E-state index >= 15 is 0 Å². The summed E-state index contributed by atoms with van der Waals surface area (Å²) in [6.45, 7) is 0.621. The molecule has 0 saturated carbocycles. The summed E-state index contributed by atoms with van der Waals surface area (Å²) in [6.07, 6.45) is -4.24. The molecule has 2 aromatic carbocycles. The van der Waals surface area contributed by atoms with Gasteiger partial charge in [-0.25, -0.2) is 13.2 Å². The van der Waals surface area contributed by atoms with Gasteiger partial charge in [0.25, 0.3) is 6.47 Å². The molecule has 1 aliphatic heterocycles. The minimum Gasteiger partial charge on any atom is -0.483 e. The lowest BCUT2D eigenvalue weighted by atomic mass is 10.1. The van der Waals surface area contributed by atoms with Crippen LogP contribution in [0.25, 0.3) is 0 Å². The van der Waals surface area contributed by atoms with Gasteiger partial charge < -0.3 is 25.7 Å². The van der Waals surface area contributed by atoms with Crippen LogP contribution < -0.4 is 15.5 Å². The van der Waals surface area contributed by atoms with Gasteiger partial charge >= 0.3 is 18.2 Å². The second-order valence-corrected chi connectivity index (χ2v) is 9.89. The maximum atomic E-state index is 13.0. The molecule has 0 spiro atoms. The van der Waals surface area contributed by atoms with Crippen LogP contribution in [0, 0.1) is 0 Å². The normalized spacial score (nSPS) is 14.1. The summed E-state index contributed by atoms with van der Waals surface area (Å²) in [7, 11) is -3.83. The Labute approximate surface area is 216 Å². The second kappa shape index (κ2) is 13.6. The minimum atomic E-state index is -4.46. The van der Waals surface area contributed by atoms with Crippen molar-refractivity contribution in [1.82, 2.24) is 9.62 Å². The summed E-state index contributed by atoms with van der Waals surface area (Å²) in [6, 6.07) is 9.97. The number of hydrogen-bond donors (Lipinski definition) is 4. The minimum absolute atomic E-state index is 0.0254. The van der Waals surface area contributed by atoms with Gasteiger partial charge in [0.05, 0.1) is 10.5 Å². The fraction of sp³-hybridized carbons (Fsp3) is 0.348. The summed E-state index contributed by atoms with van der Waals surface area (Å²) in [4.78, 5) is 32.4. The zero-order valence-corrected chi connectivity index (χ0v) is 20.8. The molecule has 1 fully saturated rings. The molecule has 2 amide bonds. The first-order valence-corrected chi connectivity index (χ1v) is 12.7. The van der Waals surface area contributed by atoms with Crippen molar-refractivity contribution < 1.29 is 46.2 Å². The van der Waals surface area contributed by atoms with Crippen molar-refractivity contribution in [2.24, 2.45) is 0 Å². The lowest BCUT2D eigenvalue weighted by Gasteiger charge is -2.35. The van der Waals surface area contributed by atoms with Crippen LogP contribution in [0.1, 0.15) is 18.4 Å². The van der Waals surface area contributed by atoms with Crippen molar-refractivity contribution in [2.75, 3.05) is 42.9 Å². The molecule has 0 aromatic heterocycles. The Bertz CT molecular complexity index is 1200. The molecule has 1 saturated heterocycles. The number of nitrogens with zero attached hydrogens (tertiary/aromatic N) is 2. The number of carbonyl (C=O) groups is 3. The van der Waals surface area contributed by atoms with Crippen molar-refractivity contribution in [3.8, 4) is 0 Å². The van der Waals surface area contributed by atoms with Crippen molar-refractivity contribution in [2.45, 2.75) is 23.9 Å². The molecule has 3 rings (SSSR count). The number of sulfonamides is 1. The number of urea groups is 1. The Balaban J connectivity index is 0.00000161. The molecule has 4 N–H and O–H groups in total. The van der Waals surface area contributed by atoms with Crippen LogP contribution in [-0.2, 0) is 25.8 Å². The standard InChI is InChI=1S/C22H25F3N4O5S.CH2O2/c23-22(24,25)16-3-1-4-18(15-16)28-11-13-29(14-12-28)35(33,34)19-8-6-17(7-9-19)27-21(32)26-10-2-5-20(30)31;2-1-3/h1,3-4,6-9,15H,2,5,10-14H2,(H,30,31)(H2,26,27,32);1H,(H,2,3). The zero-order valence-electron chi connectivity index (χ0n) is 20.0. The summed E-state index contributed by atoms with van der Waals surface area (Å²) < 4.78 is 66.2. The number of hydrogen-bond acceptors (Lipinski definition) is 6. The molecule has 11 nitrogen and oxygen atoms in total. The highest BCUT2D eigenvalue weighted by Crippen LogP contribution is 2.32. The Kier molecular flexibility index (Phi) is 10.9. The van der Waals surface area contributed by atoms with Crippen LogP contribution in [0.5, 0.6) is 0 Å².